The number of hydrogen-bond acceptors (Lipinski definition) is 3. The standard InChI is InChI=1S/C15H18FN3.C6H10O/c1-3-9-18(2)12-15-17-8-10-19(15)11-13-6-4-5-7-14(13)16;7-5-6-3-1-2-4-6/h3-8,10H,1,9,11-12H2,2H3;5-6H,1-4H2. The molecule has 1 aromatic heterocycles. The van der Waals surface area contributed by atoms with Gasteiger partial charge in [0.25, 0.3) is 0 Å². The minimum absolute atomic E-state index is 0.179. The molecule has 0 bridgehead atoms. The Morgan fingerprint density at radius 1 is 1.35 bits per heavy atom. The molecule has 1 aliphatic rings. The molecule has 1 saturated carbocycles. The maximum absolute atomic E-state index is 13.6. The number of carbonyl (C=O) groups excluding carboxylic acids is 1. The van der Waals surface area contributed by atoms with Crippen LogP contribution in [0.25, 0.3) is 0 Å². The number of halogens is 1. The Bertz CT molecular complexity index is 692. The zero-order valence-electron chi connectivity index (χ0n) is 15.5. The number of imidazole rings is 1. The Kier molecular flexibility index (Phi) is 8.22. The van der Waals surface area contributed by atoms with Crippen LogP contribution in [0.4, 0.5) is 4.39 Å². The van der Waals surface area contributed by atoms with Crippen molar-refractivity contribution < 1.29 is 9.18 Å². The lowest BCUT2D eigenvalue weighted by molar-refractivity contribution is -0.110. The molecule has 0 radical (unpaired) electrons. The van der Waals surface area contributed by atoms with Crippen LogP contribution in [0.5, 0.6) is 0 Å². The van der Waals surface area contributed by atoms with Crippen LogP contribution in [0.1, 0.15) is 37.1 Å². The van der Waals surface area contributed by atoms with Crippen LogP contribution in [0.15, 0.2) is 49.3 Å². The van der Waals surface area contributed by atoms with Crippen molar-refractivity contribution in [2.45, 2.75) is 38.8 Å². The van der Waals surface area contributed by atoms with Gasteiger partial charge in [0.05, 0.1) is 13.1 Å². The van der Waals surface area contributed by atoms with Crippen LogP contribution in [-0.2, 0) is 17.9 Å². The topological polar surface area (TPSA) is 38.1 Å². The maximum atomic E-state index is 13.6. The quantitative estimate of drug-likeness (QED) is 0.554. The van der Waals surface area contributed by atoms with E-state index in [0.29, 0.717) is 24.6 Å². The van der Waals surface area contributed by atoms with Crippen molar-refractivity contribution in [3.05, 3.63) is 66.5 Å². The van der Waals surface area contributed by atoms with Crippen molar-refractivity contribution in [3.63, 3.8) is 0 Å². The molecule has 4 nitrogen and oxygen atoms in total. The first kappa shape index (κ1) is 20.0. The molecule has 1 heterocycles. The Hall–Kier alpha value is -2.27. The summed E-state index contributed by atoms with van der Waals surface area (Å²) in [5.74, 6) is 1.16. The summed E-state index contributed by atoms with van der Waals surface area (Å²) < 4.78 is 15.6. The molecule has 1 aliphatic carbocycles. The van der Waals surface area contributed by atoms with Crippen molar-refractivity contribution in [1.82, 2.24) is 14.5 Å². The predicted molar refractivity (Wildman–Crippen MR) is 102 cm³/mol. The van der Waals surface area contributed by atoms with E-state index in [1.54, 1.807) is 18.3 Å². The normalized spacial score (nSPS) is 14.1. The lowest BCUT2D eigenvalue weighted by Gasteiger charge is -2.15. The molecule has 0 amide bonds. The van der Waals surface area contributed by atoms with E-state index in [0.717, 1.165) is 31.5 Å². The van der Waals surface area contributed by atoms with E-state index in [4.69, 9.17) is 0 Å². The Morgan fingerprint density at radius 2 is 2.08 bits per heavy atom. The fourth-order valence-electron chi connectivity index (χ4n) is 3.07. The van der Waals surface area contributed by atoms with Crippen LogP contribution in [0, 0.1) is 11.7 Å². The molecule has 0 unspecified atom stereocenters. The molecule has 0 atom stereocenters. The predicted octanol–water partition coefficient (Wildman–Crippen LogP) is 4.06. The van der Waals surface area contributed by atoms with Gasteiger partial charge in [0.1, 0.15) is 17.9 Å². The third-order valence-corrected chi connectivity index (χ3v) is 4.54. The molecule has 2 aromatic rings. The van der Waals surface area contributed by atoms with Gasteiger partial charge in [-0.1, -0.05) is 37.1 Å². The SMILES string of the molecule is C=CCN(C)Cc1nccn1Cc1ccccc1F.O=CC1CCCC1. The summed E-state index contributed by atoms with van der Waals surface area (Å²) in [6.45, 7) is 5.73. The van der Waals surface area contributed by atoms with Crippen molar-refractivity contribution in [2.75, 3.05) is 13.6 Å². The highest BCUT2D eigenvalue weighted by Crippen LogP contribution is 2.21. The molecule has 26 heavy (non-hydrogen) atoms. The van der Waals surface area contributed by atoms with E-state index in [1.807, 2.05) is 30.0 Å². The summed E-state index contributed by atoms with van der Waals surface area (Å²) in [6, 6.07) is 6.83. The van der Waals surface area contributed by atoms with Crippen molar-refractivity contribution >= 4 is 6.29 Å². The molecule has 3 rings (SSSR count). The molecule has 5 heteroatoms. The van der Waals surface area contributed by atoms with E-state index in [2.05, 4.69) is 16.5 Å². The second-order valence-electron chi connectivity index (χ2n) is 6.73. The first-order valence-electron chi connectivity index (χ1n) is 9.12. The second-order valence-corrected chi connectivity index (χ2v) is 6.73. The van der Waals surface area contributed by atoms with Gasteiger partial charge in [-0.3, -0.25) is 4.90 Å². The molecule has 0 saturated heterocycles. The highest BCUT2D eigenvalue weighted by Gasteiger charge is 2.12. The summed E-state index contributed by atoms with van der Waals surface area (Å²) in [7, 11) is 2.00. The number of nitrogens with zero attached hydrogens (tertiary/aromatic N) is 3. The minimum Gasteiger partial charge on any atom is -0.329 e. The zero-order chi connectivity index (χ0) is 18.8. The Morgan fingerprint density at radius 3 is 2.69 bits per heavy atom. The van der Waals surface area contributed by atoms with Gasteiger partial charge in [0.2, 0.25) is 0 Å². The first-order chi connectivity index (χ1) is 12.6. The third kappa shape index (κ3) is 6.23. The van der Waals surface area contributed by atoms with E-state index < -0.39 is 0 Å². The zero-order valence-corrected chi connectivity index (χ0v) is 15.5. The Labute approximate surface area is 155 Å². The molecule has 1 aromatic carbocycles. The monoisotopic (exact) mass is 357 g/mol. The smallest absolute Gasteiger partial charge is 0.128 e. The molecule has 0 N–H and O–H groups in total. The molecule has 1 fully saturated rings. The molecule has 140 valence electrons. The van der Waals surface area contributed by atoms with Crippen molar-refractivity contribution in [1.29, 1.82) is 0 Å². The van der Waals surface area contributed by atoms with Gasteiger partial charge in [0, 0.05) is 30.4 Å². The average Bonchev–Trinajstić information content (AvgIpc) is 3.30. The fourth-order valence-corrected chi connectivity index (χ4v) is 3.07. The number of benzene rings is 1. The Balaban J connectivity index is 0.000000290. The van der Waals surface area contributed by atoms with Crippen LogP contribution < -0.4 is 0 Å². The van der Waals surface area contributed by atoms with E-state index in [-0.39, 0.29) is 5.82 Å². The maximum Gasteiger partial charge on any atom is 0.128 e. The minimum atomic E-state index is -0.179. The summed E-state index contributed by atoms with van der Waals surface area (Å²) in [5, 5.41) is 0. The summed E-state index contributed by atoms with van der Waals surface area (Å²) >= 11 is 0. The van der Waals surface area contributed by atoms with Crippen LogP contribution in [0.3, 0.4) is 0 Å². The lowest BCUT2D eigenvalue weighted by Crippen LogP contribution is -2.20. The molecular weight excluding hydrogens is 329 g/mol. The lowest BCUT2D eigenvalue weighted by atomic mass is 10.1. The van der Waals surface area contributed by atoms with Crippen molar-refractivity contribution in [3.8, 4) is 0 Å². The van der Waals surface area contributed by atoms with E-state index in [1.165, 1.54) is 18.9 Å². The number of rotatable bonds is 7. The highest BCUT2D eigenvalue weighted by atomic mass is 19.1. The van der Waals surface area contributed by atoms with Gasteiger partial charge in [-0.25, -0.2) is 9.37 Å². The van der Waals surface area contributed by atoms with Gasteiger partial charge in [-0.15, -0.1) is 6.58 Å². The van der Waals surface area contributed by atoms with Gasteiger partial charge in [-0.2, -0.15) is 0 Å². The van der Waals surface area contributed by atoms with E-state index >= 15 is 0 Å². The average molecular weight is 357 g/mol. The third-order valence-electron chi connectivity index (χ3n) is 4.54. The van der Waals surface area contributed by atoms with Crippen LogP contribution in [0.2, 0.25) is 0 Å². The largest absolute Gasteiger partial charge is 0.329 e. The second kappa shape index (κ2) is 10.7. The molecule has 0 aliphatic heterocycles. The number of aromatic nitrogens is 2. The highest BCUT2D eigenvalue weighted by molar-refractivity contribution is 5.53. The number of hydrogen-bond donors (Lipinski definition) is 0. The van der Waals surface area contributed by atoms with Gasteiger partial charge < -0.3 is 9.36 Å². The number of likely N-dealkylation sites (N-methyl/N-ethyl adjacent to an activating group) is 1. The fraction of sp³-hybridized carbons (Fsp3) is 0.429. The summed E-state index contributed by atoms with van der Waals surface area (Å²) in [6.07, 6.45) is 11.4. The molecule has 0 spiro atoms. The van der Waals surface area contributed by atoms with Crippen LogP contribution in [-0.4, -0.2) is 34.3 Å². The molecular formula is C21H28FN3O. The van der Waals surface area contributed by atoms with Gasteiger partial charge in [-0.05, 0) is 26.0 Å². The van der Waals surface area contributed by atoms with Crippen molar-refractivity contribution in [2.24, 2.45) is 5.92 Å². The summed E-state index contributed by atoms with van der Waals surface area (Å²) in [5.41, 5.74) is 0.674. The summed E-state index contributed by atoms with van der Waals surface area (Å²) in [4.78, 5) is 16.4. The van der Waals surface area contributed by atoms with Crippen LogP contribution >= 0.6 is 0 Å². The van der Waals surface area contributed by atoms with E-state index in [9.17, 15) is 9.18 Å². The number of aldehydes is 1. The van der Waals surface area contributed by atoms with Gasteiger partial charge >= 0.3 is 0 Å². The first-order valence-corrected chi connectivity index (χ1v) is 9.12. The van der Waals surface area contributed by atoms with Gasteiger partial charge in [0.15, 0.2) is 0 Å². The number of carbonyl (C=O) groups is 1.